The number of fused-ring (bicyclic) bond motifs is 5. The summed E-state index contributed by atoms with van der Waals surface area (Å²) in [5, 5.41) is 4.60. The number of carbonyl (C=O) groups excluding carboxylic acids is 1. The number of hydrogen-bond donors (Lipinski definition) is 1. The molecule has 4 nitrogen and oxygen atoms in total. The Bertz CT molecular complexity index is 745. The van der Waals surface area contributed by atoms with Crippen LogP contribution in [0.2, 0.25) is 0 Å². The van der Waals surface area contributed by atoms with E-state index < -0.39 is 0 Å². The van der Waals surface area contributed by atoms with E-state index in [1.54, 1.807) is 0 Å². The van der Waals surface area contributed by atoms with Crippen LogP contribution >= 0.6 is 0 Å². The molecule has 160 valence electrons. The summed E-state index contributed by atoms with van der Waals surface area (Å²) in [6, 6.07) is 0.143. The van der Waals surface area contributed by atoms with Gasteiger partial charge in [0, 0.05) is 17.9 Å². The number of Topliss-reactive ketones (excluding diaryl/α,β-unsaturated/α-hetero) is 1. The molecule has 2 N–H and O–H groups in total. The predicted octanol–water partition coefficient (Wildman–Crippen LogP) is 5.02. The van der Waals surface area contributed by atoms with Crippen molar-refractivity contribution in [1.29, 1.82) is 0 Å². The molecule has 0 heterocycles. The van der Waals surface area contributed by atoms with Crippen molar-refractivity contribution >= 4 is 11.5 Å². The summed E-state index contributed by atoms with van der Waals surface area (Å²) in [5.41, 5.74) is 9.01. The van der Waals surface area contributed by atoms with Crippen LogP contribution in [-0.4, -0.2) is 23.6 Å². The van der Waals surface area contributed by atoms with E-state index in [0.29, 0.717) is 29.0 Å². The normalized spacial score (nSPS) is 50.9. The first-order valence-electron chi connectivity index (χ1n) is 12.0. The molecule has 0 saturated heterocycles. The maximum absolute atomic E-state index is 12.6. The number of nitrogens with zero attached hydrogens (tertiary/aromatic N) is 1. The minimum absolute atomic E-state index is 0.0557. The lowest BCUT2D eigenvalue weighted by molar-refractivity contribution is -0.134. The highest BCUT2D eigenvalue weighted by atomic mass is 16.6. The summed E-state index contributed by atoms with van der Waals surface area (Å²) in [5.74, 6) is 3.00. The number of ketones is 1. The minimum Gasteiger partial charge on any atom is -0.391 e. The summed E-state index contributed by atoms with van der Waals surface area (Å²) in [6.45, 7) is 9.35. The van der Waals surface area contributed by atoms with Gasteiger partial charge in [0.15, 0.2) is 0 Å². The zero-order valence-corrected chi connectivity index (χ0v) is 18.3. The van der Waals surface area contributed by atoms with Crippen LogP contribution in [0.1, 0.15) is 84.5 Å². The van der Waals surface area contributed by atoms with Crippen LogP contribution in [0.5, 0.6) is 0 Å². The Morgan fingerprint density at radius 2 is 1.90 bits per heavy atom. The number of oxime groups is 1. The Labute approximate surface area is 175 Å². The lowest BCUT2D eigenvalue weighted by atomic mass is 9.44. The Hall–Kier alpha value is -1.16. The van der Waals surface area contributed by atoms with Crippen molar-refractivity contribution in [2.45, 2.75) is 96.6 Å². The number of rotatable bonds is 2. The Morgan fingerprint density at radius 1 is 1.07 bits per heavy atom. The van der Waals surface area contributed by atoms with Gasteiger partial charge < -0.3 is 10.6 Å². The fourth-order valence-electron chi connectivity index (χ4n) is 8.13. The van der Waals surface area contributed by atoms with Gasteiger partial charge in [-0.3, -0.25) is 4.79 Å². The molecule has 5 rings (SSSR count). The molecule has 0 aromatic carbocycles. The fourth-order valence-corrected chi connectivity index (χ4v) is 8.13. The van der Waals surface area contributed by atoms with E-state index in [1.807, 2.05) is 0 Å². The second-order valence-electron chi connectivity index (χ2n) is 11.3. The minimum atomic E-state index is -0.0557. The summed E-state index contributed by atoms with van der Waals surface area (Å²) in [7, 11) is 0. The summed E-state index contributed by atoms with van der Waals surface area (Å²) >= 11 is 0. The molecule has 5 fully saturated rings. The van der Waals surface area contributed by atoms with Gasteiger partial charge in [-0.25, -0.2) is 0 Å². The summed E-state index contributed by atoms with van der Waals surface area (Å²) in [4.78, 5) is 18.5. The fraction of sp³-hybridized carbons (Fsp3) is 0.840. The molecule has 4 heteroatoms. The molecule has 0 spiro atoms. The molecule has 0 bridgehead atoms. The van der Waals surface area contributed by atoms with Crippen LogP contribution in [0, 0.1) is 34.5 Å². The Balaban J connectivity index is 1.34. The molecule has 0 radical (unpaired) electrons. The lowest BCUT2D eigenvalue weighted by Gasteiger charge is -2.60. The summed E-state index contributed by atoms with van der Waals surface area (Å²) < 4.78 is 0. The third-order valence-corrected chi connectivity index (χ3v) is 9.99. The molecule has 3 unspecified atom stereocenters. The van der Waals surface area contributed by atoms with Crippen molar-refractivity contribution in [3.05, 3.63) is 12.2 Å². The second kappa shape index (κ2) is 6.93. The number of nitrogens with two attached hydrogens (primary N) is 1. The average molecular weight is 399 g/mol. The SMILES string of the molecule is C=C1C[C@@H]2[C@H](CC[C@]3(C)C(=O)CC[C@@H]23)[C@@]2(C)CCC(=NOC3CCCC3N)CC12. The topological polar surface area (TPSA) is 64.7 Å². The van der Waals surface area contributed by atoms with Crippen LogP contribution in [-0.2, 0) is 9.63 Å². The quantitative estimate of drug-likeness (QED) is 0.525. The third-order valence-electron chi connectivity index (χ3n) is 9.99. The van der Waals surface area contributed by atoms with Gasteiger partial charge in [-0.05, 0) is 93.3 Å². The first kappa shape index (κ1) is 19.8. The highest BCUT2D eigenvalue weighted by Crippen LogP contribution is 2.66. The zero-order chi connectivity index (χ0) is 20.4. The third kappa shape index (κ3) is 2.96. The van der Waals surface area contributed by atoms with Crippen LogP contribution in [0.25, 0.3) is 0 Å². The molecule has 8 atom stereocenters. The van der Waals surface area contributed by atoms with Crippen molar-refractivity contribution in [1.82, 2.24) is 0 Å². The predicted molar refractivity (Wildman–Crippen MR) is 115 cm³/mol. The van der Waals surface area contributed by atoms with Gasteiger partial charge >= 0.3 is 0 Å². The van der Waals surface area contributed by atoms with Crippen molar-refractivity contribution in [3.8, 4) is 0 Å². The Kier molecular flexibility index (Phi) is 4.73. The molecule has 0 aromatic rings. The average Bonchev–Trinajstić information content (AvgIpc) is 3.23. The first-order valence-corrected chi connectivity index (χ1v) is 12.0. The molecule has 0 aliphatic heterocycles. The van der Waals surface area contributed by atoms with Crippen molar-refractivity contribution in [2.75, 3.05) is 0 Å². The molecular weight excluding hydrogens is 360 g/mol. The largest absolute Gasteiger partial charge is 0.391 e. The monoisotopic (exact) mass is 398 g/mol. The van der Waals surface area contributed by atoms with E-state index in [1.165, 1.54) is 24.1 Å². The molecule has 5 aliphatic carbocycles. The standard InChI is InChI=1S/C25H38N2O2/c1-15-13-17-18-7-8-23(28)25(18,3)12-10-19(17)24(2)11-9-16(14-20(15)24)27-29-22-6-4-5-21(22)26/h17-22H,1,4-14,26H2,2-3H3/t17-,18-,19-,20?,21?,22?,24+,25-/m0/s1. The van der Waals surface area contributed by atoms with Gasteiger partial charge in [0.25, 0.3) is 0 Å². The lowest BCUT2D eigenvalue weighted by Crippen LogP contribution is -2.54. The Morgan fingerprint density at radius 3 is 2.66 bits per heavy atom. The van der Waals surface area contributed by atoms with Crippen LogP contribution in [0.15, 0.2) is 17.3 Å². The van der Waals surface area contributed by atoms with E-state index in [2.05, 4.69) is 25.6 Å². The van der Waals surface area contributed by atoms with Crippen molar-refractivity contribution in [3.63, 3.8) is 0 Å². The maximum atomic E-state index is 12.6. The van der Waals surface area contributed by atoms with Gasteiger partial charge in [-0.2, -0.15) is 0 Å². The van der Waals surface area contributed by atoms with Crippen LogP contribution in [0.4, 0.5) is 0 Å². The van der Waals surface area contributed by atoms with E-state index in [0.717, 1.165) is 63.7 Å². The van der Waals surface area contributed by atoms with Gasteiger partial charge in [-0.1, -0.05) is 31.2 Å². The van der Waals surface area contributed by atoms with Gasteiger partial charge in [0.1, 0.15) is 11.9 Å². The maximum Gasteiger partial charge on any atom is 0.142 e. The van der Waals surface area contributed by atoms with E-state index in [9.17, 15) is 4.79 Å². The smallest absolute Gasteiger partial charge is 0.142 e. The molecule has 5 aliphatic rings. The van der Waals surface area contributed by atoms with E-state index >= 15 is 0 Å². The van der Waals surface area contributed by atoms with Gasteiger partial charge in [-0.15, -0.1) is 0 Å². The summed E-state index contributed by atoms with van der Waals surface area (Å²) in [6.07, 6.45) is 11.9. The number of carbonyl (C=O) groups is 1. The second-order valence-corrected chi connectivity index (χ2v) is 11.3. The van der Waals surface area contributed by atoms with Crippen molar-refractivity contribution < 1.29 is 9.63 Å². The van der Waals surface area contributed by atoms with Crippen molar-refractivity contribution in [2.24, 2.45) is 45.4 Å². The highest BCUT2D eigenvalue weighted by Gasteiger charge is 2.60. The van der Waals surface area contributed by atoms with Crippen LogP contribution in [0.3, 0.4) is 0 Å². The van der Waals surface area contributed by atoms with Gasteiger partial charge in [0.05, 0.1) is 5.71 Å². The highest BCUT2D eigenvalue weighted by molar-refractivity contribution is 5.87. The first-order chi connectivity index (χ1) is 13.8. The van der Waals surface area contributed by atoms with E-state index in [-0.39, 0.29) is 17.6 Å². The zero-order valence-electron chi connectivity index (χ0n) is 18.3. The molecule has 0 amide bonds. The number of allylic oxidation sites excluding steroid dienone is 1. The molecule has 5 saturated carbocycles. The van der Waals surface area contributed by atoms with E-state index in [4.69, 9.17) is 10.6 Å². The molecule has 29 heavy (non-hydrogen) atoms. The molecular formula is C25H38N2O2. The van der Waals surface area contributed by atoms with Crippen LogP contribution < -0.4 is 5.73 Å². The molecule has 0 aromatic heterocycles. The van der Waals surface area contributed by atoms with Gasteiger partial charge in [0.2, 0.25) is 0 Å². The number of hydrogen-bond acceptors (Lipinski definition) is 4.